The fraction of sp³-hybridized carbons (Fsp3) is 0. The third-order valence-electron chi connectivity index (χ3n) is 6.16. The van der Waals surface area contributed by atoms with Crippen molar-refractivity contribution in [2.75, 3.05) is 0 Å². The van der Waals surface area contributed by atoms with Crippen molar-refractivity contribution >= 4 is 31.6 Å². The van der Waals surface area contributed by atoms with Crippen molar-refractivity contribution in [1.82, 2.24) is 29.9 Å². The fourth-order valence-corrected chi connectivity index (χ4v) is 5.54. The minimum atomic E-state index is 0.537. The molecule has 0 amide bonds. The van der Waals surface area contributed by atoms with Gasteiger partial charge in [-0.25, -0.2) is 24.9 Å². The molecule has 0 unspecified atom stereocenters. The van der Waals surface area contributed by atoms with Crippen molar-refractivity contribution in [3.63, 3.8) is 0 Å². The van der Waals surface area contributed by atoms with Crippen LogP contribution in [0, 0.1) is 0 Å². The highest BCUT2D eigenvalue weighted by atomic mass is 32.1. The topological polar surface area (TPSA) is 77.3 Å². The van der Waals surface area contributed by atoms with E-state index in [1.165, 1.54) is 4.70 Å². The Labute approximate surface area is 216 Å². The molecule has 3 aromatic carbocycles. The number of thiophene rings is 1. The van der Waals surface area contributed by atoms with Gasteiger partial charge in [0, 0.05) is 44.7 Å². The van der Waals surface area contributed by atoms with Crippen LogP contribution in [-0.2, 0) is 0 Å². The lowest BCUT2D eigenvalue weighted by Crippen LogP contribution is -2.01. The van der Waals surface area contributed by atoms with Crippen LogP contribution >= 0.6 is 11.3 Å². The zero-order valence-electron chi connectivity index (χ0n) is 19.5. The highest BCUT2D eigenvalue weighted by Gasteiger charge is 2.15. The molecular weight excluding hydrogens is 476 g/mol. The van der Waals surface area contributed by atoms with Gasteiger partial charge in [0.05, 0.1) is 10.2 Å². The monoisotopic (exact) mass is 494 g/mol. The normalized spacial score (nSPS) is 11.2. The Kier molecular flexibility index (Phi) is 5.19. The lowest BCUT2D eigenvalue weighted by atomic mass is 10.1. The van der Waals surface area contributed by atoms with E-state index in [0.717, 1.165) is 37.9 Å². The summed E-state index contributed by atoms with van der Waals surface area (Å²) in [6.45, 7) is 0. The number of hydrogen-bond acceptors (Lipinski definition) is 7. The molecule has 7 rings (SSSR count). The third-order valence-corrected chi connectivity index (χ3v) is 7.33. The molecule has 4 heterocycles. The quantitative estimate of drug-likeness (QED) is 0.260. The van der Waals surface area contributed by atoms with Crippen LogP contribution in [0.4, 0.5) is 0 Å². The minimum absolute atomic E-state index is 0.537. The van der Waals surface area contributed by atoms with Crippen LogP contribution in [-0.4, -0.2) is 29.9 Å². The van der Waals surface area contributed by atoms with Gasteiger partial charge in [0.25, 0.3) is 0 Å². The third kappa shape index (κ3) is 3.91. The summed E-state index contributed by atoms with van der Waals surface area (Å²) in [6.07, 6.45) is 5.35. The largest absolute Gasteiger partial charge is 0.252 e. The molecule has 0 N–H and O–H groups in total. The number of fused-ring (bicyclic) bond motifs is 3. The number of benzene rings is 3. The molecule has 7 heteroatoms. The molecule has 0 aliphatic rings. The second-order valence-electron chi connectivity index (χ2n) is 8.49. The molecule has 0 aliphatic heterocycles. The Morgan fingerprint density at radius 1 is 0.541 bits per heavy atom. The Bertz CT molecular complexity index is 1810. The lowest BCUT2D eigenvalue weighted by Gasteiger charge is -2.09. The first kappa shape index (κ1) is 21.4. The lowest BCUT2D eigenvalue weighted by molar-refractivity contribution is 1.06. The van der Waals surface area contributed by atoms with Gasteiger partial charge in [-0.15, -0.1) is 11.3 Å². The van der Waals surface area contributed by atoms with E-state index in [-0.39, 0.29) is 0 Å². The Hall–Kier alpha value is -4.88. The fourth-order valence-electron chi connectivity index (χ4n) is 4.37. The molecule has 0 radical (unpaired) electrons. The Morgan fingerprint density at radius 3 is 1.92 bits per heavy atom. The number of nitrogens with zero attached hydrogens (tertiary/aromatic N) is 6. The molecule has 0 bridgehead atoms. The number of pyridine rings is 1. The summed E-state index contributed by atoms with van der Waals surface area (Å²) in [7, 11) is 0. The summed E-state index contributed by atoms with van der Waals surface area (Å²) in [4.78, 5) is 27.8. The maximum absolute atomic E-state index is 4.78. The van der Waals surface area contributed by atoms with E-state index in [1.807, 2.05) is 79.1 Å². The van der Waals surface area contributed by atoms with Gasteiger partial charge < -0.3 is 0 Å². The van der Waals surface area contributed by atoms with Crippen LogP contribution in [0.25, 0.3) is 65.7 Å². The van der Waals surface area contributed by atoms with Gasteiger partial charge in [-0.1, -0.05) is 84.9 Å². The summed E-state index contributed by atoms with van der Waals surface area (Å²) in [6, 6.07) is 30.2. The predicted molar refractivity (Wildman–Crippen MR) is 148 cm³/mol. The first-order valence-corrected chi connectivity index (χ1v) is 12.6. The van der Waals surface area contributed by atoms with Gasteiger partial charge in [0.2, 0.25) is 0 Å². The van der Waals surface area contributed by atoms with Crippen molar-refractivity contribution in [3.05, 3.63) is 110 Å². The molecule has 37 heavy (non-hydrogen) atoms. The zero-order valence-corrected chi connectivity index (χ0v) is 20.3. The number of hydrogen-bond donors (Lipinski definition) is 0. The number of rotatable bonds is 4. The number of aromatic nitrogens is 6. The summed E-state index contributed by atoms with van der Waals surface area (Å²) in [5.41, 5.74) is 5.67. The van der Waals surface area contributed by atoms with Crippen molar-refractivity contribution in [1.29, 1.82) is 0 Å². The SMILES string of the molecule is c1ccc(-c2nc(-c3ccccc3)nc(-c3ccc(-c4cccc5c4sc4cncnc45)cn3)n2)cc1. The zero-order chi connectivity index (χ0) is 24.6. The molecule has 0 saturated heterocycles. The van der Waals surface area contributed by atoms with Crippen molar-refractivity contribution in [2.24, 2.45) is 0 Å². The molecule has 7 aromatic rings. The van der Waals surface area contributed by atoms with Crippen LogP contribution in [0.3, 0.4) is 0 Å². The summed E-state index contributed by atoms with van der Waals surface area (Å²) < 4.78 is 2.24. The van der Waals surface area contributed by atoms with E-state index in [2.05, 4.69) is 34.2 Å². The first-order valence-electron chi connectivity index (χ1n) is 11.8. The maximum atomic E-state index is 4.78. The van der Waals surface area contributed by atoms with Crippen LogP contribution in [0.2, 0.25) is 0 Å². The second kappa shape index (κ2) is 8.96. The Morgan fingerprint density at radius 2 is 1.24 bits per heavy atom. The summed E-state index contributed by atoms with van der Waals surface area (Å²) in [5, 5.41) is 1.13. The minimum Gasteiger partial charge on any atom is -0.252 e. The molecule has 0 aliphatic carbocycles. The molecule has 0 saturated carbocycles. The average Bonchev–Trinajstić information content (AvgIpc) is 3.37. The maximum Gasteiger partial charge on any atom is 0.182 e. The summed E-state index contributed by atoms with van der Waals surface area (Å²) in [5.74, 6) is 1.77. The van der Waals surface area contributed by atoms with E-state index < -0.39 is 0 Å². The van der Waals surface area contributed by atoms with E-state index in [0.29, 0.717) is 23.2 Å². The molecule has 4 aromatic heterocycles. The van der Waals surface area contributed by atoms with Gasteiger partial charge in [0.1, 0.15) is 12.0 Å². The van der Waals surface area contributed by atoms with Gasteiger partial charge in [-0.2, -0.15) is 0 Å². The van der Waals surface area contributed by atoms with E-state index in [9.17, 15) is 0 Å². The van der Waals surface area contributed by atoms with Crippen molar-refractivity contribution < 1.29 is 0 Å². The standard InChI is InChI=1S/C30H18N6S/c1-3-8-19(9-4-1)28-34-29(20-10-5-2-6-11-20)36-30(35-28)24-15-14-21(16-32-24)22-12-7-13-23-26-25(37-27(22)23)17-31-18-33-26/h1-18H. The molecule has 0 fully saturated rings. The smallest absolute Gasteiger partial charge is 0.182 e. The van der Waals surface area contributed by atoms with E-state index >= 15 is 0 Å². The summed E-state index contributed by atoms with van der Waals surface area (Å²) >= 11 is 1.70. The van der Waals surface area contributed by atoms with E-state index in [1.54, 1.807) is 17.7 Å². The Balaban J connectivity index is 1.33. The van der Waals surface area contributed by atoms with Crippen LogP contribution < -0.4 is 0 Å². The highest BCUT2D eigenvalue weighted by molar-refractivity contribution is 7.26. The molecule has 6 nitrogen and oxygen atoms in total. The van der Waals surface area contributed by atoms with Gasteiger partial charge in [-0.05, 0) is 6.07 Å². The van der Waals surface area contributed by atoms with Gasteiger partial charge in [-0.3, -0.25) is 4.98 Å². The van der Waals surface area contributed by atoms with Crippen molar-refractivity contribution in [3.8, 4) is 45.4 Å². The molecule has 174 valence electrons. The average molecular weight is 495 g/mol. The highest BCUT2D eigenvalue weighted by Crippen LogP contribution is 2.38. The molecule has 0 atom stereocenters. The van der Waals surface area contributed by atoms with Crippen LogP contribution in [0.1, 0.15) is 0 Å². The molecular formula is C30H18N6S. The van der Waals surface area contributed by atoms with Crippen LogP contribution in [0.5, 0.6) is 0 Å². The predicted octanol–water partition coefficient (Wildman–Crippen LogP) is 7.09. The van der Waals surface area contributed by atoms with Gasteiger partial charge >= 0.3 is 0 Å². The first-order chi connectivity index (χ1) is 18.3. The second-order valence-corrected chi connectivity index (χ2v) is 9.54. The van der Waals surface area contributed by atoms with Gasteiger partial charge in [0.15, 0.2) is 17.5 Å². The molecule has 0 spiro atoms. The van der Waals surface area contributed by atoms with Crippen LogP contribution in [0.15, 0.2) is 110 Å². The van der Waals surface area contributed by atoms with E-state index in [4.69, 9.17) is 19.9 Å². The van der Waals surface area contributed by atoms with Crippen molar-refractivity contribution in [2.45, 2.75) is 0 Å².